The largest absolute Gasteiger partial charge is 0.493 e. The highest BCUT2D eigenvalue weighted by atomic mass is 16.5. The van der Waals surface area contributed by atoms with E-state index >= 15 is 0 Å². The number of hydrogen-bond donors (Lipinski definition) is 3. The fraction of sp³-hybridized carbons (Fsp3) is 0.278. The van der Waals surface area contributed by atoms with Gasteiger partial charge in [0.2, 0.25) is 5.75 Å². The zero-order chi connectivity index (χ0) is 20.2. The number of carbonyl (C=O) groups is 2. The van der Waals surface area contributed by atoms with Gasteiger partial charge >= 0.3 is 11.9 Å². The Balaban J connectivity index is 0.000000527. The van der Waals surface area contributed by atoms with E-state index in [0.717, 1.165) is 17.7 Å². The van der Waals surface area contributed by atoms with Crippen molar-refractivity contribution in [2.75, 3.05) is 21.3 Å². The van der Waals surface area contributed by atoms with Crippen molar-refractivity contribution in [3.8, 4) is 17.2 Å². The molecule has 3 N–H and O–H groups in total. The molecule has 0 amide bonds. The molecular weight excluding hydrogens is 356 g/mol. The molecule has 0 aliphatic rings. The topological polar surface area (TPSA) is 127 Å². The number of carboxylic acids is 2. The van der Waals surface area contributed by atoms with Crippen molar-refractivity contribution in [2.24, 2.45) is 0 Å². The minimum atomic E-state index is -1.82. The number of methoxy groups -OCH3 is 3. The monoisotopic (exact) mass is 378 g/mol. The Bertz CT molecular complexity index is 714. The first-order chi connectivity index (χ1) is 12.9. The number of nitrogens with one attached hydrogen (secondary N) is 1. The summed E-state index contributed by atoms with van der Waals surface area (Å²) in [5, 5.41) is 18.1. The molecule has 0 bridgehead atoms. The Morgan fingerprint density at radius 3 is 1.93 bits per heavy atom. The predicted molar refractivity (Wildman–Crippen MR) is 96.2 cm³/mol. The van der Waals surface area contributed by atoms with Crippen LogP contribution in [0.15, 0.2) is 36.7 Å². The third kappa shape index (κ3) is 7.20. The van der Waals surface area contributed by atoms with Gasteiger partial charge in [0.25, 0.3) is 0 Å². The van der Waals surface area contributed by atoms with Crippen LogP contribution in [0.2, 0.25) is 0 Å². The van der Waals surface area contributed by atoms with Gasteiger partial charge in [-0.25, -0.2) is 9.59 Å². The molecule has 1 aromatic carbocycles. The second kappa shape index (κ2) is 11.3. The summed E-state index contributed by atoms with van der Waals surface area (Å²) in [4.78, 5) is 22.3. The maximum Gasteiger partial charge on any atom is 0.414 e. The molecule has 0 spiro atoms. The van der Waals surface area contributed by atoms with Gasteiger partial charge in [-0.05, 0) is 29.3 Å². The SMILES string of the molecule is COc1cc(CNCc2cccnc2)cc(OC)c1OC.O=C(O)C(=O)O. The van der Waals surface area contributed by atoms with Crippen LogP contribution in [0.5, 0.6) is 17.2 Å². The van der Waals surface area contributed by atoms with Gasteiger partial charge in [-0.2, -0.15) is 0 Å². The smallest absolute Gasteiger partial charge is 0.414 e. The molecule has 0 radical (unpaired) electrons. The quantitative estimate of drug-likeness (QED) is 0.615. The van der Waals surface area contributed by atoms with E-state index in [1.807, 2.05) is 30.5 Å². The van der Waals surface area contributed by atoms with Crippen LogP contribution in [0.4, 0.5) is 0 Å². The van der Waals surface area contributed by atoms with Crippen LogP contribution in [0.3, 0.4) is 0 Å². The second-order valence-corrected chi connectivity index (χ2v) is 5.11. The maximum absolute atomic E-state index is 9.10. The van der Waals surface area contributed by atoms with E-state index in [4.69, 9.17) is 34.0 Å². The van der Waals surface area contributed by atoms with E-state index in [9.17, 15) is 0 Å². The maximum atomic E-state index is 9.10. The third-order valence-electron chi connectivity index (χ3n) is 3.29. The highest BCUT2D eigenvalue weighted by Gasteiger charge is 2.12. The molecule has 1 heterocycles. The Hall–Kier alpha value is -3.33. The molecule has 27 heavy (non-hydrogen) atoms. The van der Waals surface area contributed by atoms with E-state index < -0.39 is 11.9 Å². The summed E-state index contributed by atoms with van der Waals surface area (Å²) < 4.78 is 16.0. The fourth-order valence-corrected chi connectivity index (χ4v) is 2.09. The highest BCUT2D eigenvalue weighted by molar-refractivity contribution is 6.27. The van der Waals surface area contributed by atoms with Gasteiger partial charge in [0, 0.05) is 25.5 Å². The molecule has 2 rings (SSSR count). The molecule has 146 valence electrons. The van der Waals surface area contributed by atoms with Crippen molar-refractivity contribution in [1.82, 2.24) is 10.3 Å². The molecule has 0 fully saturated rings. The summed E-state index contributed by atoms with van der Waals surface area (Å²) in [6, 6.07) is 7.85. The van der Waals surface area contributed by atoms with Crippen LogP contribution in [-0.2, 0) is 22.7 Å². The number of aromatic nitrogens is 1. The second-order valence-electron chi connectivity index (χ2n) is 5.11. The summed E-state index contributed by atoms with van der Waals surface area (Å²) in [5.74, 6) is -1.72. The number of nitrogens with zero attached hydrogens (tertiary/aromatic N) is 1. The fourth-order valence-electron chi connectivity index (χ4n) is 2.09. The van der Waals surface area contributed by atoms with E-state index in [1.165, 1.54) is 0 Å². The molecule has 9 heteroatoms. The number of carboxylic acid groups (broad SMARTS) is 2. The van der Waals surface area contributed by atoms with Crippen molar-refractivity contribution in [3.05, 3.63) is 47.8 Å². The first-order valence-corrected chi connectivity index (χ1v) is 7.77. The molecule has 0 saturated carbocycles. The first-order valence-electron chi connectivity index (χ1n) is 7.77. The Kier molecular flexibility index (Phi) is 9.10. The van der Waals surface area contributed by atoms with E-state index in [1.54, 1.807) is 27.5 Å². The lowest BCUT2D eigenvalue weighted by molar-refractivity contribution is -0.159. The summed E-state index contributed by atoms with van der Waals surface area (Å²) >= 11 is 0. The number of rotatable bonds is 7. The average Bonchev–Trinajstić information content (AvgIpc) is 2.68. The van der Waals surface area contributed by atoms with Crippen LogP contribution in [0.1, 0.15) is 11.1 Å². The minimum Gasteiger partial charge on any atom is -0.493 e. The van der Waals surface area contributed by atoms with E-state index in [2.05, 4.69) is 10.3 Å². The van der Waals surface area contributed by atoms with Gasteiger partial charge in [0.05, 0.1) is 21.3 Å². The zero-order valence-corrected chi connectivity index (χ0v) is 15.3. The van der Waals surface area contributed by atoms with E-state index in [0.29, 0.717) is 23.8 Å². The summed E-state index contributed by atoms with van der Waals surface area (Å²) in [7, 11) is 4.83. The number of aliphatic carboxylic acids is 2. The van der Waals surface area contributed by atoms with Crippen molar-refractivity contribution in [1.29, 1.82) is 0 Å². The lowest BCUT2D eigenvalue weighted by Gasteiger charge is -2.14. The average molecular weight is 378 g/mol. The zero-order valence-electron chi connectivity index (χ0n) is 15.3. The van der Waals surface area contributed by atoms with Crippen LogP contribution >= 0.6 is 0 Å². The number of ether oxygens (including phenoxy) is 3. The van der Waals surface area contributed by atoms with Crippen molar-refractivity contribution in [2.45, 2.75) is 13.1 Å². The van der Waals surface area contributed by atoms with Crippen LogP contribution in [-0.4, -0.2) is 48.5 Å². The summed E-state index contributed by atoms with van der Waals surface area (Å²) in [6.07, 6.45) is 3.62. The molecule has 0 saturated heterocycles. The van der Waals surface area contributed by atoms with Gasteiger partial charge in [-0.1, -0.05) is 6.07 Å². The Morgan fingerprint density at radius 1 is 0.963 bits per heavy atom. The predicted octanol–water partition coefficient (Wildman–Crippen LogP) is 1.55. The van der Waals surface area contributed by atoms with Crippen LogP contribution in [0.25, 0.3) is 0 Å². The van der Waals surface area contributed by atoms with Gasteiger partial charge in [-0.15, -0.1) is 0 Å². The molecular formula is C18H22N2O7. The van der Waals surface area contributed by atoms with Crippen LogP contribution < -0.4 is 19.5 Å². The van der Waals surface area contributed by atoms with Gasteiger partial charge in [0.15, 0.2) is 11.5 Å². The van der Waals surface area contributed by atoms with Gasteiger partial charge in [-0.3, -0.25) is 4.98 Å². The lowest BCUT2D eigenvalue weighted by atomic mass is 10.1. The molecule has 2 aromatic rings. The molecule has 0 aliphatic heterocycles. The number of hydrogen-bond acceptors (Lipinski definition) is 7. The van der Waals surface area contributed by atoms with Crippen molar-refractivity contribution >= 4 is 11.9 Å². The summed E-state index contributed by atoms with van der Waals surface area (Å²) in [6.45, 7) is 1.45. The third-order valence-corrected chi connectivity index (χ3v) is 3.29. The first kappa shape index (κ1) is 21.7. The van der Waals surface area contributed by atoms with Gasteiger partial charge < -0.3 is 29.7 Å². The van der Waals surface area contributed by atoms with E-state index in [-0.39, 0.29) is 0 Å². The summed E-state index contributed by atoms with van der Waals surface area (Å²) in [5.41, 5.74) is 2.21. The van der Waals surface area contributed by atoms with Gasteiger partial charge in [0.1, 0.15) is 0 Å². The lowest BCUT2D eigenvalue weighted by Crippen LogP contribution is -2.13. The standard InChI is InChI=1S/C16H20N2O3.C2H2O4/c1-19-14-7-13(8-15(20-2)16(14)21-3)11-18-10-12-5-4-6-17-9-12;3-1(4)2(5)6/h4-9,18H,10-11H2,1-3H3;(H,3,4)(H,5,6). The molecule has 0 unspecified atom stereocenters. The molecule has 9 nitrogen and oxygen atoms in total. The Morgan fingerprint density at radius 2 is 1.52 bits per heavy atom. The number of benzene rings is 1. The number of pyridine rings is 1. The molecule has 0 aliphatic carbocycles. The highest BCUT2D eigenvalue weighted by Crippen LogP contribution is 2.38. The van der Waals surface area contributed by atoms with Crippen LogP contribution in [0, 0.1) is 0 Å². The normalized spacial score (nSPS) is 9.59. The van der Waals surface area contributed by atoms with Crippen molar-refractivity contribution in [3.63, 3.8) is 0 Å². The minimum absolute atomic E-state index is 0.607. The molecule has 0 atom stereocenters. The molecule has 1 aromatic heterocycles. The van der Waals surface area contributed by atoms with Crippen molar-refractivity contribution < 1.29 is 34.0 Å². The Labute approximate surface area is 156 Å².